The van der Waals surface area contributed by atoms with Gasteiger partial charge in [-0.15, -0.1) is 0 Å². The van der Waals surface area contributed by atoms with Crippen LogP contribution in [0.15, 0.2) is 85.5 Å². The van der Waals surface area contributed by atoms with Gasteiger partial charge in [0.05, 0.1) is 36.9 Å². The Balaban J connectivity index is 1.19. The van der Waals surface area contributed by atoms with Crippen molar-refractivity contribution in [2.24, 2.45) is 0 Å². The summed E-state index contributed by atoms with van der Waals surface area (Å²) in [5.41, 5.74) is 7.58. The third-order valence-electron chi connectivity index (χ3n) is 7.57. The summed E-state index contributed by atoms with van der Waals surface area (Å²) >= 11 is 0. The number of amides is 1. The van der Waals surface area contributed by atoms with Crippen LogP contribution in [0.3, 0.4) is 0 Å². The molecule has 5 rings (SSSR count). The second kappa shape index (κ2) is 14.6. The van der Waals surface area contributed by atoms with Crippen molar-refractivity contribution in [2.75, 3.05) is 20.1 Å². The summed E-state index contributed by atoms with van der Waals surface area (Å²) in [4.78, 5) is 37.2. The minimum Gasteiger partial charge on any atom is -0.341 e. The van der Waals surface area contributed by atoms with E-state index in [9.17, 15) is 4.79 Å². The third-order valence-corrected chi connectivity index (χ3v) is 7.57. The van der Waals surface area contributed by atoms with Gasteiger partial charge in [0.25, 0.3) is 0 Å². The number of rotatable bonds is 14. The molecule has 222 valence electrons. The molecule has 8 heteroatoms. The summed E-state index contributed by atoms with van der Waals surface area (Å²) in [6, 6.07) is 21.0. The van der Waals surface area contributed by atoms with Gasteiger partial charge in [-0.05, 0) is 72.8 Å². The van der Waals surface area contributed by atoms with Crippen molar-refractivity contribution in [2.45, 2.75) is 52.6 Å². The molecule has 3 heterocycles. The van der Waals surface area contributed by atoms with Crippen molar-refractivity contribution >= 4 is 5.91 Å². The Labute approximate surface area is 254 Å². The predicted molar refractivity (Wildman–Crippen MR) is 172 cm³/mol. The first-order chi connectivity index (χ1) is 21.0. The molecule has 0 aliphatic rings. The molecule has 0 aliphatic heterocycles. The Kier molecular flexibility index (Phi) is 10.1. The number of aromatic amines is 2. The van der Waals surface area contributed by atoms with E-state index in [4.69, 9.17) is 0 Å². The Morgan fingerprint density at radius 1 is 0.698 bits per heavy atom. The molecule has 0 radical (unpaired) electrons. The lowest BCUT2D eigenvalue weighted by Gasteiger charge is -2.21. The summed E-state index contributed by atoms with van der Waals surface area (Å²) in [5.74, 6) is 1.91. The zero-order chi connectivity index (χ0) is 30.0. The van der Waals surface area contributed by atoms with Gasteiger partial charge in [-0.3, -0.25) is 14.7 Å². The number of aryl methyl sites for hydroxylation is 1. The maximum absolute atomic E-state index is 13.0. The minimum absolute atomic E-state index is 0.138. The normalized spacial score (nSPS) is 11.3. The SMILES string of the molecule is CCCN(C)Cc1ncc(-c2ccc(-c3ccc(-c4cnc(CN(CCC)C(=O)CCc5ccncc5)[nH]4)cc3)cc2)[nH]1. The average molecular weight is 576 g/mol. The Morgan fingerprint density at radius 3 is 1.74 bits per heavy atom. The second-order valence-corrected chi connectivity index (χ2v) is 11.1. The van der Waals surface area contributed by atoms with E-state index < -0.39 is 0 Å². The van der Waals surface area contributed by atoms with Crippen molar-refractivity contribution in [3.63, 3.8) is 0 Å². The molecule has 2 N–H and O–H groups in total. The number of hydrogen-bond donors (Lipinski definition) is 2. The van der Waals surface area contributed by atoms with E-state index in [1.165, 1.54) is 0 Å². The predicted octanol–water partition coefficient (Wildman–Crippen LogP) is 6.74. The molecule has 43 heavy (non-hydrogen) atoms. The second-order valence-electron chi connectivity index (χ2n) is 11.1. The molecule has 0 unspecified atom stereocenters. The highest BCUT2D eigenvalue weighted by molar-refractivity contribution is 5.76. The Morgan fingerprint density at radius 2 is 1.21 bits per heavy atom. The van der Waals surface area contributed by atoms with Crippen LogP contribution in [0.2, 0.25) is 0 Å². The van der Waals surface area contributed by atoms with Gasteiger partial charge in [0.1, 0.15) is 11.6 Å². The number of carbonyl (C=O) groups is 1. The maximum Gasteiger partial charge on any atom is 0.223 e. The van der Waals surface area contributed by atoms with Crippen LogP contribution in [0, 0.1) is 0 Å². The molecule has 0 spiro atoms. The van der Waals surface area contributed by atoms with E-state index in [0.29, 0.717) is 25.9 Å². The van der Waals surface area contributed by atoms with Crippen LogP contribution in [0.5, 0.6) is 0 Å². The van der Waals surface area contributed by atoms with Gasteiger partial charge in [0.2, 0.25) is 5.91 Å². The number of pyridine rings is 1. The number of hydrogen-bond acceptors (Lipinski definition) is 5. The highest BCUT2D eigenvalue weighted by Gasteiger charge is 2.15. The molecule has 0 bridgehead atoms. The van der Waals surface area contributed by atoms with Crippen LogP contribution in [0.25, 0.3) is 33.6 Å². The zero-order valence-corrected chi connectivity index (χ0v) is 25.4. The van der Waals surface area contributed by atoms with Gasteiger partial charge >= 0.3 is 0 Å². The van der Waals surface area contributed by atoms with Crippen molar-refractivity contribution in [1.82, 2.24) is 34.7 Å². The lowest BCUT2D eigenvalue weighted by atomic mass is 10.0. The van der Waals surface area contributed by atoms with Crippen LogP contribution in [-0.4, -0.2) is 60.8 Å². The molecule has 2 aromatic carbocycles. The van der Waals surface area contributed by atoms with Crippen LogP contribution in [0.4, 0.5) is 0 Å². The quantitative estimate of drug-likeness (QED) is 0.153. The number of imidazole rings is 2. The first-order valence-corrected chi connectivity index (χ1v) is 15.2. The fourth-order valence-corrected chi connectivity index (χ4v) is 5.28. The van der Waals surface area contributed by atoms with E-state index in [-0.39, 0.29) is 5.91 Å². The Hall–Kier alpha value is -4.56. The van der Waals surface area contributed by atoms with E-state index >= 15 is 0 Å². The van der Waals surface area contributed by atoms with Gasteiger partial charge < -0.3 is 14.9 Å². The highest BCUT2D eigenvalue weighted by atomic mass is 16.2. The largest absolute Gasteiger partial charge is 0.341 e. The number of aromatic nitrogens is 5. The third kappa shape index (κ3) is 8.05. The van der Waals surface area contributed by atoms with E-state index in [1.807, 2.05) is 29.4 Å². The minimum atomic E-state index is 0.138. The molecule has 0 saturated carbocycles. The molecular formula is C35H41N7O. The smallest absolute Gasteiger partial charge is 0.223 e. The molecule has 1 amide bonds. The van der Waals surface area contributed by atoms with Crippen LogP contribution in [0.1, 0.15) is 50.3 Å². The first kappa shape index (κ1) is 29.9. The zero-order valence-electron chi connectivity index (χ0n) is 25.4. The van der Waals surface area contributed by atoms with Gasteiger partial charge in [0.15, 0.2) is 0 Å². The number of nitrogens with one attached hydrogen (secondary N) is 2. The molecule has 0 saturated heterocycles. The fourth-order valence-electron chi connectivity index (χ4n) is 5.28. The average Bonchev–Trinajstić information content (AvgIpc) is 3.70. The van der Waals surface area contributed by atoms with Crippen LogP contribution in [-0.2, 0) is 24.3 Å². The van der Waals surface area contributed by atoms with Crippen LogP contribution >= 0.6 is 0 Å². The van der Waals surface area contributed by atoms with Gasteiger partial charge in [-0.25, -0.2) is 9.97 Å². The van der Waals surface area contributed by atoms with Crippen LogP contribution < -0.4 is 0 Å². The number of H-pyrrole nitrogens is 2. The van der Waals surface area contributed by atoms with Crippen molar-refractivity contribution < 1.29 is 4.79 Å². The maximum atomic E-state index is 13.0. The first-order valence-electron chi connectivity index (χ1n) is 15.2. The van der Waals surface area contributed by atoms with Gasteiger partial charge in [-0.1, -0.05) is 62.4 Å². The van der Waals surface area contributed by atoms with Gasteiger partial charge in [0, 0.05) is 25.4 Å². The highest BCUT2D eigenvalue weighted by Crippen LogP contribution is 2.27. The van der Waals surface area contributed by atoms with Gasteiger partial charge in [-0.2, -0.15) is 0 Å². The standard InChI is InChI=1S/C35H41N7O/c1-4-20-41(3)24-33-37-22-31(39-33)29-11-7-27(8-12-29)28-9-13-30(14-10-28)32-23-38-34(40-32)25-42(21-5-2)35(43)15-6-26-16-18-36-19-17-26/h7-14,16-19,22-23H,4-6,15,20-21,24-25H2,1-3H3,(H,37,39)(H,38,40). The molecular weight excluding hydrogens is 534 g/mol. The number of benzene rings is 2. The van der Waals surface area contributed by atoms with E-state index in [0.717, 1.165) is 76.8 Å². The molecule has 3 aromatic heterocycles. The summed E-state index contributed by atoms with van der Waals surface area (Å²) in [5, 5.41) is 0. The molecule has 0 fully saturated rings. The van der Waals surface area contributed by atoms with E-state index in [2.05, 4.69) is 99.2 Å². The monoisotopic (exact) mass is 575 g/mol. The Bertz CT molecular complexity index is 1570. The number of nitrogens with zero attached hydrogens (tertiary/aromatic N) is 5. The molecule has 8 nitrogen and oxygen atoms in total. The topological polar surface area (TPSA) is 93.8 Å². The summed E-state index contributed by atoms with van der Waals surface area (Å²) < 4.78 is 0. The van der Waals surface area contributed by atoms with E-state index in [1.54, 1.807) is 12.4 Å². The lowest BCUT2D eigenvalue weighted by Crippen LogP contribution is -2.31. The molecule has 0 atom stereocenters. The fraction of sp³-hybridized carbons (Fsp3) is 0.314. The molecule has 0 aliphatic carbocycles. The number of carbonyl (C=O) groups excluding carboxylic acids is 1. The summed E-state index contributed by atoms with van der Waals surface area (Å²) in [6.45, 7) is 7.33. The van der Waals surface area contributed by atoms with Crippen molar-refractivity contribution in [1.29, 1.82) is 0 Å². The molecule has 5 aromatic rings. The van der Waals surface area contributed by atoms with Crippen molar-refractivity contribution in [3.05, 3.63) is 103 Å². The lowest BCUT2D eigenvalue weighted by molar-refractivity contribution is -0.131. The summed E-state index contributed by atoms with van der Waals surface area (Å²) in [6.07, 6.45) is 10.5. The van der Waals surface area contributed by atoms with Crippen molar-refractivity contribution in [3.8, 4) is 33.6 Å². The summed E-state index contributed by atoms with van der Waals surface area (Å²) in [7, 11) is 2.12.